The third kappa shape index (κ3) is 8.16. The van der Waals surface area contributed by atoms with Crippen molar-refractivity contribution in [3.8, 4) is 5.75 Å². The van der Waals surface area contributed by atoms with Gasteiger partial charge < -0.3 is 14.1 Å². The number of fused-ring (bicyclic) bond motifs is 1. The Morgan fingerprint density at radius 2 is 1.41 bits per heavy atom. The van der Waals surface area contributed by atoms with Crippen LogP contribution < -0.4 is 4.74 Å². The molecule has 0 amide bonds. The number of hydrogen-bond acceptors (Lipinski definition) is 6. The second kappa shape index (κ2) is 15.2. The van der Waals surface area contributed by atoms with Gasteiger partial charge in [0.1, 0.15) is 11.3 Å². The van der Waals surface area contributed by atoms with Gasteiger partial charge in [-0.15, -0.1) is 0 Å². The molecular weight excluding hydrogens is 512 g/mol. The smallest absolute Gasteiger partial charge is 0.277 e. The Labute approximate surface area is 234 Å². The zero-order valence-corrected chi connectivity index (χ0v) is 24.8. The summed E-state index contributed by atoms with van der Waals surface area (Å²) in [5.74, 6) is 0.292. The first-order valence-electron chi connectivity index (χ1n) is 14.3. The quantitative estimate of drug-likeness (QED) is 0.127. The number of ketones is 1. The number of carbonyl (C=O) groups is 1. The number of nitrogens with zero attached hydrogens (tertiary/aromatic N) is 2. The minimum Gasteiger partial charge on any atom is -0.494 e. The second-order valence-electron chi connectivity index (χ2n) is 10.0. The van der Waals surface area contributed by atoms with Crippen molar-refractivity contribution in [2.75, 3.05) is 39.8 Å². The number of hydrogen-bond donors (Lipinski definition) is 0. The summed E-state index contributed by atoms with van der Waals surface area (Å²) in [6, 6.07) is 13.8. The van der Waals surface area contributed by atoms with Gasteiger partial charge in [-0.3, -0.25) is 4.79 Å². The van der Waals surface area contributed by atoms with Crippen molar-refractivity contribution >= 4 is 26.8 Å². The molecule has 0 bridgehead atoms. The molecule has 0 saturated carbocycles. The Morgan fingerprint density at radius 1 is 0.821 bits per heavy atom. The van der Waals surface area contributed by atoms with Crippen LogP contribution in [0, 0.1) is 0 Å². The highest BCUT2D eigenvalue weighted by Crippen LogP contribution is 2.33. The van der Waals surface area contributed by atoms with Gasteiger partial charge in [0.15, 0.2) is 5.78 Å². The highest BCUT2D eigenvalue weighted by atomic mass is 32.2. The molecule has 8 heteroatoms. The molecule has 39 heavy (non-hydrogen) atoms. The molecule has 1 aromatic heterocycles. The van der Waals surface area contributed by atoms with E-state index in [4.69, 9.17) is 9.15 Å². The Balaban J connectivity index is 1.73. The van der Waals surface area contributed by atoms with Crippen molar-refractivity contribution < 1.29 is 22.4 Å². The zero-order valence-electron chi connectivity index (χ0n) is 23.9. The monoisotopic (exact) mass is 556 g/mol. The van der Waals surface area contributed by atoms with Crippen LogP contribution in [-0.4, -0.2) is 63.2 Å². The number of sulfonamides is 1. The normalized spacial score (nSPS) is 12.1. The number of carbonyl (C=O) groups excluding carboxylic acids is 1. The molecule has 3 rings (SSSR count). The molecule has 7 nitrogen and oxygen atoms in total. The Morgan fingerprint density at radius 3 is 2.05 bits per heavy atom. The van der Waals surface area contributed by atoms with Crippen molar-refractivity contribution in [2.45, 2.75) is 70.8 Å². The van der Waals surface area contributed by atoms with E-state index in [1.165, 1.54) is 37.0 Å². The van der Waals surface area contributed by atoms with E-state index in [1.54, 1.807) is 48.5 Å². The maximum Gasteiger partial charge on any atom is 0.277 e. The molecule has 0 aliphatic heterocycles. The fourth-order valence-electron chi connectivity index (χ4n) is 4.49. The van der Waals surface area contributed by atoms with Crippen molar-refractivity contribution in [1.29, 1.82) is 0 Å². The number of para-hydroxylation sites is 1. The lowest BCUT2D eigenvalue weighted by molar-refractivity contribution is 0.103. The third-order valence-electron chi connectivity index (χ3n) is 6.92. The summed E-state index contributed by atoms with van der Waals surface area (Å²) < 4.78 is 39.8. The van der Waals surface area contributed by atoms with E-state index in [2.05, 4.69) is 18.7 Å². The van der Waals surface area contributed by atoms with Crippen LogP contribution in [0.1, 0.15) is 81.6 Å². The van der Waals surface area contributed by atoms with E-state index in [0.29, 0.717) is 35.4 Å². The van der Waals surface area contributed by atoms with Crippen molar-refractivity contribution in [3.63, 3.8) is 0 Å². The summed E-state index contributed by atoms with van der Waals surface area (Å²) in [7, 11) is -2.46. The summed E-state index contributed by atoms with van der Waals surface area (Å²) in [5.41, 5.74) is 0.823. The van der Waals surface area contributed by atoms with Gasteiger partial charge in [-0.2, -0.15) is 4.31 Å². The molecule has 2 aromatic carbocycles. The fourth-order valence-corrected chi connectivity index (χ4v) is 5.79. The first kappa shape index (κ1) is 30.9. The number of rotatable bonds is 18. The van der Waals surface area contributed by atoms with E-state index in [0.717, 1.165) is 38.9 Å². The van der Waals surface area contributed by atoms with E-state index < -0.39 is 15.8 Å². The zero-order chi connectivity index (χ0) is 28.3. The number of benzene rings is 2. The van der Waals surface area contributed by atoms with Crippen molar-refractivity contribution in [1.82, 2.24) is 9.21 Å². The molecule has 0 radical (unpaired) electrons. The average Bonchev–Trinajstić information content (AvgIpc) is 3.35. The summed E-state index contributed by atoms with van der Waals surface area (Å²) in [6.07, 6.45) is 7.33. The molecule has 0 aliphatic rings. The molecule has 0 aliphatic carbocycles. The maximum absolute atomic E-state index is 13.7. The average molecular weight is 557 g/mol. The van der Waals surface area contributed by atoms with Crippen LogP contribution in [0.2, 0.25) is 0 Å². The highest BCUT2D eigenvalue weighted by Gasteiger charge is 2.33. The Hall–Kier alpha value is -2.68. The van der Waals surface area contributed by atoms with Crippen LogP contribution >= 0.6 is 0 Å². The molecular formula is C31H44N2O5S. The lowest BCUT2D eigenvalue weighted by atomic mass is 10.0. The topological polar surface area (TPSA) is 80.1 Å². The molecule has 0 unspecified atom stereocenters. The summed E-state index contributed by atoms with van der Waals surface area (Å²) in [6.45, 7) is 10.6. The second-order valence-corrected chi connectivity index (χ2v) is 12.0. The number of ether oxygens (including phenoxy) is 1. The molecule has 214 valence electrons. The standard InChI is InChI=1S/C31H44N2O5S/c1-5-8-20-32(4)39(35,36)31-29(27-14-11-12-15-28(27)38-31)30(34)25-16-18-26(19-17-25)37-24-13-23-33(21-9-6-2)22-10-7-3/h11-12,14-19H,5-10,13,20-24H2,1-4H3. The van der Waals surface area contributed by atoms with E-state index in [-0.39, 0.29) is 10.7 Å². The molecule has 0 N–H and O–H groups in total. The van der Waals surface area contributed by atoms with E-state index in [9.17, 15) is 13.2 Å². The lowest BCUT2D eigenvalue weighted by Crippen LogP contribution is -2.28. The molecule has 1 heterocycles. The third-order valence-corrected chi connectivity index (χ3v) is 8.68. The molecule has 0 atom stereocenters. The SMILES string of the molecule is CCCCN(CCCC)CCCOc1ccc(C(=O)c2c(S(=O)(=O)N(C)CCCC)oc3ccccc23)cc1. The van der Waals surface area contributed by atoms with Crippen LogP contribution in [0.5, 0.6) is 5.75 Å². The highest BCUT2D eigenvalue weighted by molar-refractivity contribution is 7.89. The number of unbranched alkanes of at least 4 members (excludes halogenated alkanes) is 3. The van der Waals surface area contributed by atoms with Gasteiger partial charge in [0, 0.05) is 31.1 Å². The van der Waals surface area contributed by atoms with Crippen molar-refractivity contribution in [2.24, 2.45) is 0 Å². The predicted molar refractivity (Wildman–Crippen MR) is 157 cm³/mol. The Kier molecular flexibility index (Phi) is 12.0. The fraction of sp³-hybridized carbons (Fsp3) is 0.516. The minimum absolute atomic E-state index is 0.0712. The van der Waals surface area contributed by atoms with Gasteiger partial charge in [0.25, 0.3) is 10.0 Å². The summed E-state index contributed by atoms with van der Waals surface area (Å²) >= 11 is 0. The Bertz CT molecular complexity index is 1280. The largest absolute Gasteiger partial charge is 0.494 e. The molecule has 0 spiro atoms. The van der Waals surface area contributed by atoms with Crippen LogP contribution in [0.25, 0.3) is 11.0 Å². The minimum atomic E-state index is -3.98. The van der Waals surface area contributed by atoms with Crippen LogP contribution in [0.4, 0.5) is 0 Å². The lowest BCUT2D eigenvalue weighted by Gasteiger charge is -2.21. The van der Waals surface area contributed by atoms with Gasteiger partial charge in [-0.25, -0.2) is 8.42 Å². The van der Waals surface area contributed by atoms with Crippen LogP contribution in [-0.2, 0) is 10.0 Å². The molecule has 3 aromatic rings. The van der Waals surface area contributed by atoms with Crippen molar-refractivity contribution in [3.05, 3.63) is 59.7 Å². The molecule has 0 saturated heterocycles. The molecule has 0 fully saturated rings. The predicted octanol–water partition coefficient (Wildman–Crippen LogP) is 6.76. The van der Waals surface area contributed by atoms with Gasteiger partial charge in [-0.1, -0.05) is 58.2 Å². The number of furan rings is 1. The van der Waals surface area contributed by atoms with Gasteiger partial charge in [0.2, 0.25) is 5.09 Å². The van der Waals surface area contributed by atoms with E-state index in [1.807, 2.05) is 6.92 Å². The first-order valence-corrected chi connectivity index (χ1v) is 15.7. The summed E-state index contributed by atoms with van der Waals surface area (Å²) in [5, 5.41) is 0.185. The van der Waals surface area contributed by atoms with Gasteiger partial charge in [-0.05, 0) is 69.1 Å². The van der Waals surface area contributed by atoms with Gasteiger partial charge >= 0.3 is 0 Å². The first-order chi connectivity index (χ1) is 18.8. The van der Waals surface area contributed by atoms with Gasteiger partial charge in [0.05, 0.1) is 12.2 Å². The van der Waals surface area contributed by atoms with Crippen LogP contribution in [0.3, 0.4) is 0 Å². The van der Waals surface area contributed by atoms with E-state index >= 15 is 0 Å². The summed E-state index contributed by atoms with van der Waals surface area (Å²) in [4.78, 5) is 16.2. The maximum atomic E-state index is 13.7. The van der Waals surface area contributed by atoms with Crippen LogP contribution in [0.15, 0.2) is 58.0 Å².